The molecule has 2 unspecified atom stereocenters. The highest BCUT2D eigenvalue weighted by atomic mass is 79.9. The Bertz CT molecular complexity index is 1230. The highest BCUT2D eigenvalue weighted by Crippen LogP contribution is 2.37. The Morgan fingerprint density at radius 1 is 1.32 bits per heavy atom. The summed E-state index contributed by atoms with van der Waals surface area (Å²) in [6.45, 7) is -0.436. The average Bonchev–Trinajstić information content (AvgIpc) is 3.48. The second kappa shape index (κ2) is 8.64. The number of hydrogen-bond acceptors (Lipinski definition) is 7. The number of nitrogens with one attached hydrogen (secondary N) is 2. The molecule has 1 fully saturated rings. The standard InChI is InChI=1S/C19H18BrClFN3O5S/c20-9-1-4-13(12(21)5-9)25-17-11(6-15-18(16(17)22)23-8-30-15)19(27)14(26)7-24-31(28,29)10-2-3-10/h1,4-6,8,10,14,19,24-27H,2-3,7H2. The highest BCUT2D eigenvalue weighted by Gasteiger charge is 2.36. The van der Waals surface area contributed by atoms with Crippen molar-refractivity contribution >= 4 is 60.0 Å². The summed E-state index contributed by atoms with van der Waals surface area (Å²) in [6, 6.07) is 6.24. The van der Waals surface area contributed by atoms with E-state index in [1.807, 2.05) is 0 Å². The predicted octanol–water partition coefficient (Wildman–Crippen LogP) is 3.60. The Hall–Kier alpha value is -1.76. The van der Waals surface area contributed by atoms with Crippen LogP contribution in [0.1, 0.15) is 24.5 Å². The van der Waals surface area contributed by atoms with Crippen LogP contribution in [0.4, 0.5) is 15.8 Å². The molecule has 166 valence electrons. The molecule has 1 aliphatic carbocycles. The third-order valence-electron chi connectivity index (χ3n) is 4.93. The van der Waals surface area contributed by atoms with Gasteiger partial charge in [0.15, 0.2) is 17.8 Å². The first kappa shape index (κ1) is 22.4. The fourth-order valence-corrected chi connectivity index (χ4v) is 5.20. The topological polar surface area (TPSA) is 125 Å². The van der Waals surface area contributed by atoms with Gasteiger partial charge in [-0.3, -0.25) is 0 Å². The molecule has 31 heavy (non-hydrogen) atoms. The minimum atomic E-state index is -3.56. The number of anilines is 2. The molecule has 8 nitrogen and oxygen atoms in total. The van der Waals surface area contributed by atoms with Gasteiger partial charge in [-0.25, -0.2) is 22.5 Å². The van der Waals surface area contributed by atoms with Crippen LogP contribution in [-0.4, -0.2) is 41.5 Å². The Morgan fingerprint density at radius 3 is 2.74 bits per heavy atom. The molecule has 2 atom stereocenters. The van der Waals surface area contributed by atoms with Crippen molar-refractivity contribution in [3.63, 3.8) is 0 Å². The van der Waals surface area contributed by atoms with Gasteiger partial charge in [0, 0.05) is 16.6 Å². The maximum Gasteiger partial charge on any atom is 0.214 e. The first-order chi connectivity index (χ1) is 14.7. The second-order valence-corrected chi connectivity index (χ2v) is 10.6. The van der Waals surface area contributed by atoms with Gasteiger partial charge < -0.3 is 19.9 Å². The average molecular weight is 535 g/mol. The third kappa shape index (κ3) is 4.71. The largest absolute Gasteiger partial charge is 0.443 e. The minimum absolute atomic E-state index is 0.0427. The van der Waals surface area contributed by atoms with Gasteiger partial charge in [0.25, 0.3) is 0 Å². The number of fused-ring (bicyclic) bond motifs is 1. The van der Waals surface area contributed by atoms with Crippen LogP contribution >= 0.6 is 27.5 Å². The van der Waals surface area contributed by atoms with Crippen LogP contribution in [0.25, 0.3) is 11.1 Å². The molecule has 1 aliphatic rings. The molecule has 0 aliphatic heterocycles. The summed E-state index contributed by atoms with van der Waals surface area (Å²) in [6.07, 6.45) is -1.01. The van der Waals surface area contributed by atoms with Crippen molar-refractivity contribution in [2.75, 3.05) is 11.9 Å². The molecule has 4 rings (SSSR count). The summed E-state index contributed by atoms with van der Waals surface area (Å²) < 4.78 is 47.4. The number of benzene rings is 2. The molecule has 0 bridgehead atoms. The molecule has 1 aromatic heterocycles. The summed E-state index contributed by atoms with van der Waals surface area (Å²) in [5, 5.41) is 23.8. The van der Waals surface area contributed by atoms with Gasteiger partial charge in [0.2, 0.25) is 10.0 Å². The van der Waals surface area contributed by atoms with E-state index in [4.69, 9.17) is 16.0 Å². The van der Waals surface area contributed by atoms with E-state index in [-0.39, 0.29) is 27.4 Å². The van der Waals surface area contributed by atoms with Crippen LogP contribution in [0.3, 0.4) is 0 Å². The SMILES string of the molecule is O=S(=O)(NCC(O)C(O)c1cc2ocnc2c(F)c1Nc1ccc(Br)cc1Cl)C1CC1. The van der Waals surface area contributed by atoms with Crippen LogP contribution in [0.2, 0.25) is 5.02 Å². The molecule has 1 saturated carbocycles. The molecule has 12 heteroatoms. The Kier molecular flexibility index (Phi) is 6.25. The zero-order chi connectivity index (χ0) is 22.3. The highest BCUT2D eigenvalue weighted by molar-refractivity contribution is 9.10. The first-order valence-corrected chi connectivity index (χ1v) is 12.0. The zero-order valence-electron chi connectivity index (χ0n) is 15.8. The predicted molar refractivity (Wildman–Crippen MR) is 117 cm³/mol. The molecule has 2 aromatic carbocycles. The Morgan fingerprint density at radius 2 is 2.06 bits per heavy atom. The Labute approximate surface area is 190 Å². The summed E-state index contributed by atoms with van der Waals surface area (Å²) in [4.78, 5) is 3.84. The van der Waals surface area contributed by atoms with Crippen LogP contribution in [-0.2, 0) is 10.0 Å². The van der Waals surface area contributed by atoms with Gasteiger partial charge in [-0.05, 0) is 37.1 Å². The van der Waals surface area contributed by atoms with E-state index >= 15 is 4.39 Å². The monoisotopic (exact) mass is 533 g/mol. The number of rotatable bonds is 8. The van der Waals surface area contributed by atoms with Crippen LogP contribution < -0.4 is 10.0 Å². The van der Waals surface area contributed by atoms with Crippen molar-refractivity contribution in [3.05, 3.63) is 51.5 Å². The molecule has 0 saturated heterocycles. The van der Waals surface area contributed by atoms with Gasteiger partial charge in [-0.15, -0.1) is 0 Å². The van der Waals surface area contributed by atoms with Crippen LogP contribution in [0.15, 0.2) is 39.5 Å². The summed E-state index contributed by atoms with van der Waals surface area (Å²) >= 11 is 9.51. The zero-order valence-corrected chi connectivity index (χ0v) is 19.0. The Balaban J connectivity index is 1.67. The summed E-state index contributed by atoms with van der Waals surface area (Å²) in [5.41, 5.74) is 0.130. The van der Waals surface area contributed by atoms with Gasteiger partial charge in [-0.2, -0.15) is 0 Å². The van der Waals surface area contributed by atoms with Crippen molar-refractivity contribution in [3.8, 4) is 0 Å². The van der Waals surface area contributed by atoms with Gasteiger partial charge in [0.1, 0.15) is 11.6 Å². The molecule has 0 amide bonds. The third-order valence-corrected chi connectivity index (χ3v) is 7.65. The normalized spacial score (nSPS) is 16.4. The molecular weight excluding hydrogens is 517 g/mol. The van der Waals surface area contributed by atoms with Crippen molar-refractivity contribution in [2.24, 2.45) is 0 Å². The lowest BCUT2D eigenvalue weighted by Crippen LogP contribution is -2.37. The minimum Gasteiger partial charge on any atom is -0.443 e. The van der Waals surface area contributed by atoms with E-state index in [1.165, 1.54) is 6.07 Å². The number of nitrogens with zero attached hydrogens (tertiary/aromatic N) is 1. The number of aliphatic hydroxyl groups is 2. The van der Waals surface area contributed by atoms with Crippen molar-refractivity contribution < 1.29 is 27.4 Å². The molecule has 0 radical (unpaired) electrons. The fraction of sp³-hybridized carbons (Fsp3) is 0.316. The quantitative estimate of drug-likeness (QED) is 0.348. The molecule has 3 aromatic rings. The van der Waals surface area contributed by atoms with Crippen molar-refractivity contribution in [2.45, 2.75) is 30.3 Å². The van der Waals surface area contributed by atoms with E-state index in [1.54, 1.807) is 18.2 Å². The maximum absolute atomic E-state index is 15.2. The fourth-order valence-electron chi connectivity index (χ4n) is 3.08. The van der Waals surface area contributed by atoms with Crippen molar-refractivity contribution in [1.82, 2.24) is 9.71 Å². The molecule has 4 N–H and O–H groups in total. The second-order valence-electron chi connectivity index (χ2n) is 7.21. The van der Waals surface area contributed by atoms with Crippen LogP contribution in [0.5, 0.6) is 0 Å². The number of aromatic nitrogens is 1. The van der Waals surface area contributed by atoms with E-state index in [2.05, 4.69) is 31.0 Å². The lowest BCUT2D eigenvalue weighted by atomic mass is 10.0. The van der Waals surface area contributed by atoms with E-state index in [9.17, 15) is 18.6 Å². The van der Waals surface area contributed by atoms with E-state index < -0.39 is 39.8 Å². The van der Waals surface area contributed by atoms with Gasteiger partial charge in [-0.1, -0.05) is 27.5 Å². The maximum atomic E-state index is 15.2. The van der Waals surface area contributed by atoms with E-state index in [0.717, 1.165) is 6.39 Å². The first-order valence-electron chi connectivity index (χ1n) is 9.29. The summed E-state index contributed by atoms with van der Waals surface area (Å²) in [7, 11) is -3.56. The van der Waals surface area contributed by atoms with Gasteiger partial charge in [0.05, 0.1) is 27.8 Å². The summed E-state index contributed by atoms with van der Waals surface area (Å²) in [5.74, 6) is -0.815. The number of sulfonamides is 1. The molecule has 0 spiro atoms. The van der Waals surface area contributed by atoms with E-state index in [0.29, 0.717) is 23.0 Å². The lowest BCUT2D eigenvalue weighted by molar-refractivity contribution is 0.0225. The van der Waals surface area contributed by atoms with Crippen molar-refractivity contribution in [1.29, 1.82) is 0 Å². The smallest absolute Gasteiger partial charge is 0.214 e. The number of hydrogen-bond donors (Lipinski definition) is 4. The van der Waals surface area contributed by atoms with Crippen LogP contribution in [0, 0.1) is 5.82 Å². The number of aliphatic hydroxyl groups excluding tert-OH is 2. The number of oxazole rings is 1. The molecular formula is C19H18BrClFN3O5S. The van der Waals surface area contributed by atoms with Gasteiger partial charge >= 0.3 is 0 Å². The number of halogens is 3. The lowest BCUT2D eigenvalue weighted by Gasteiger charge is -2.22. The molecule has 1 heterocycles.